The number of nitrogens with one attached hydrogen (secondary N) is 1. The van der Waals surface area contributed by atoms with Gasteiger partial charge in [0.25, 0.3) is 5.91 Å². The van der Waals surface area contributed by atoms with E-state index < -0.39 is 24.3 Å². The van der Waals surface area contributed by atoms with Crippen molar-refractivity contribution in [2.75, 3.05) is 19.0 Å². The van der Waals surface area contributed by atoms with E-state index in [-0.39, 0.29) is 5.56 Å². The molecule has 0 aliphatic rings. The lowest BCUT2D eigenvalue weighted by Crippen LogP contribution is -2.21. The summed E-state index contributed by atoms with van der Waals surface area (Å²) in [6.45, 7) is -0.494. The van der Waals surface area contributed by atoms with Crippen LogP contribution in [0, 0.1) is 5.82 Å². The molecular formula is C16H13ClFNO4. The van der Waals surface area contributed by atoms with Crippen LogP contribution in [-0.2, 0) is 9.53 Å². The predicted molar refractivity (Wildman–Crippen MR) is 83.3 cm³/mol. The normalized spacial score (nSPS) is 10.0. The topological polar surface area (TPSA) is 64.6 Å². The van der Waals surface area contributed by atoms with Crippen LogP contribution in [0.1, 0.15) is 10.4 Å². The second-order valence-electron chi connectivity index (χ2n) is 4.48. The van der Waals surface area contributed by atoms with Crippen molar-refractivity contribution in [1.29, 1.82) is 0 Å². The molecule has 120 valence electrons. The van der Waals surface area contributed by atoms with Crippen molar-refractivity contribution in [2.24, 2.45) is 0 Å². The average Bonchev–Trinajstić information content (AvgIpc) is 2.53. The standard InChI is InChI=1S/C16H13ClFNO4/c1-22-14-7-4-11(17)8-13(14)19-15(20)9-23-16(21)10-2-5-12(18)6-3-10/h2-8H,9H2,1H3,(H,19,20). The monoisotopic (exact) mass is 337 g/mol. The average molecular weight is 338 g/mol. The summed E-state index contributed by atoms with van der Waals surface area (Å²) in [6, 6.07) is 9.54. The minimum Gasteiger partial charge on any atom is -0.495 e. The number of hydrogen-bond acceptors (Lipinski definition) is 4. The van der Waals surface area contributed by atoms with Gasteiger partial charge in [0, 0.05) is 5.02 Å². The largest absolute Gasteiger partial charge is 0.495 e. The van der Waals surface area contributed by atoms with E-state index in [1.165, 1.54) is 25.3 Å². The third-order valence-corrected chi connectivity index (χ3v) is 3.08. The van der Waals surface area contributed by atoms with Gasteiger partial charge in [-0.05, 0) is 42.5 Å². The van der Waals surface area contributed by atoms with E-state index in [0.717, 1.165) is 12.1 Å². The Bertz CT molecular complexity index is 719. The molecule has 7 heteroatoms. The van der Waals surface area contributed by atoms with Crippen molar-refractivity contribution >= 4 is 29.2 Å². The molecule has 2 aromatic rings. The molecule has 0 atom stereocenters. The van der Waals surface area contributed by atoms with Gasteiger partial charge in [0.1, 0.15) is 11.6 Å². The molecule has 5 nitrogen and oxygen atoms in total. The first-order chi connectivity index (χ1) is 11.0. The number of methoxy groups -OCH3 is 1. The highest BCUT2D eigenvalue weighted by Gasteiger charge is 2.12. The molecule has 0 heterocycles. The first-order valence-electron chi connectivity index (χ1n) is 6.55. The van der Waals surface area contributed by atoms with E-state index in [9.17, 15) is 14.0 Å². The number of carbonyl (C=O) groups excluding carboxylic acids is 2. The first kappa shape index (κ1) is 16.8. The van der Waals surface area contributed by atoms with Crippen molar-refractivity contribution in [1.82, 2.24) is 0 Å². The summed E-state index contributed by atoms with van der Waals surface area (Å²) in [4.78, 5) is 23.6. The number of carbonyl (C=O) groups is 2. The molecule has 0 aliphatic carbocycles. The number of esters is 1. The van der Waals surface area contributed by atoms with E-state index in [1.807, 2.05) is 0 Å². The lowest BCUT2D eigenvalue weighted by Gasteiger charge is -2.10. The lowest BCUT2D eigenvalue weighted by atomic mass is 10.2. The summed E-state index contributed by atoms with van der Waals surface area (Å²) in [5, 5.41) is 2.95. The molecule has 0 spiro atoms. The Hall–Kier alpha value is -2.60. The van der Waals surface area contributed by atoms with E-state index in [2.05, 4.69) is 5.32 Å². The van der Waals surface area contributed by atoms with Crippen LogP contribution in [0.4, 0.5) is 10.1 Å². The number of anilines is 1. The number of halogens is 2. The minimum absolute atomic E-state index is 0.152. The van der Waals surface area contributed by atoms with Crippen LogP contribution >= 0.6 is 11.6 Å². The molecular weight excluding hydrogens is 325 g/mol. The van der Waals surface area contributed by atoms with Crippen LogP contribution in [0.15, 0.2) is 42.5 Å². The predicted octanol–water partition coefficient (Wildman–Crippen LogP) is 3.28. The first-order valence-corrected chi connectivity index (χ1v) is 6.93. The van der Waals surface area contributed by atoms with E-state index in [1.54, 1.807) is 12.1 Å². The fraction of sp³-hybridized carbons (Fsp3) is 0.125. The van der Waals surface area contributed by atoms with Gasteiger partial charge in [0.05, 0.1) is 18.4 Å². The zero-order valence-electron chi connectivity index (χ0n) is 12.1. The highest BCUT2D eigenvalue weighted by Crippen LogP contribution is 2.27. The Morgan fingerprint density at radius 2 is 1.87 bits per heavy atom. The Morgan fingerprint density at radius 3 is 2.52 bits per heavy atom. The van der Waals surface area contributed by atoms with Crippen LogP contribution in [-0.4, -0.2) is 25.6 Å². The molecule has 0 aliphatic heterocycles. The molecule has 1 amide bonds. The van der Waals surface area contributed by atoms with Crippen LogP contribution in [0.5, 0.6) is 5.75 Å². The smallest absolute Gasteiger partial charge is 0.338 e. The van der Waals surface area contributed by atoms with Crippen LogP contribution < -0.4 is 10.1 Å². The Kier molecular flexibility index (Phi) is 5.54. The number of rotatable bonds is 5. The van der Waals surface area contributed by atoms with Gasteiger partial charge in [-0.1, -0.05) is 11.6 Å². The quantitative estimate of drug-likeness (QED) is 0.850. The van der Waals surface area contributed by atoms with Gasteiger partial charge in [-0.3, -0.25) is 4.79 Å². The third kappa shape index (κ3) is 4.69. The molecule has 2 rings (SSSR count). The summed E-state index contributed by atoms with van der Waals surface area (Å²) in [5.74, 6) is -1.32. The highest BCUT2D eigenvalue weighted by atomic mass is 35.5. The Morgan fingerprint density at radius 1 is 1.17 bits per heavy atom. The van der Waals surface area contributed by atoms with Gasteiger partial charge in [-0.15, -0.1) is 0 Å². The van der Waals surface area contributed by atoms with Gasteiger partial charge in [-0.2, -0.15) is 0 Å². The van der Waals surface area contributed by atoms with E-state index >= 15 is 0 Å². The molecule has 0 unspecified atom stereocenters. The van der Waals surface area contributed by atoms with Gasteiger partial charge in [0.15, 0.2) is 6.61 Å². The number of benzene rings is 2. The third-order valence-electron chi connectivity index (χ3n) is 2.85. The number of amides is 1. The number of hydrogen-bond donors (Lipinski definition) is 1. The fourth-order valence-electron chi connectivity index (χ4n) is 1.76. The van der Waals surface area contributed by atoms with E-state index in [4.69, 9.17) is 21.1 Å². The van der Waals surface area contributed by atoms with Crippen LogP contribution in [0.25, 0.3) is 0 Å². The Labute approximate surface area is 137 Å². The maximum atomic E-state index is 12.8. The lowest BCUT2D eigenvalue weighted by molar-refractivity contribution is -0.119. The van der Waals surface area contributed by atoms with Crippen molar-refractivity contribution in [3.05, 3.63) is 58.9 Å². The highest BCUT2D eigenvalue weighted by molar-refractivity contribution is 6.31. The molecule has 23 heavy (non-hydrogen) atoms. The molecule has 1 N–H and O–H groups in total. The number of ether oxygens (including phenoxy) is 2. The summed E-state index contributed by atoms with van der Waals surface area (Å²) in [7, 11) is 1.45. The zero-order chi connectivity index (χ0) is 16.8. The minimum atomic E-state index is -0.724. The summed E-state index contributed by atoms with van der Waals surface area (Å²) < 4.78 is 22.7. The van der Waals surface area contributed by atoms with Crippen LogP contribution in [0.2, 0.25) is 5.02 Å². The molecule has 0 saturated heterocycles. The van der Waals surface area contributed by atoms with Crippen molar-refractivity contribution < 1.29 is 23.5 Å². The Balaban J connectivity index is 1.94. The molecule has 0 fully saturated rings. The summed E-state index contributed by atoms with van der Waals surface area (Å²) >= 11 is 5.85. The maximum Gasteiger partial charge on any atom is 0.338 e. The molecule has 2 aromatic carbocycles. The molecule has 0 bridgehead atoms. The van der Waals surface area contributed by atoms with Crippen molar-refractivity contribution in [2.45, 2.75) is 0 Å². The zero-order valence-corrected chi connectivity index (χ0v) is 12.9. The van der Waals surface area contributed by atoms with E-state index in [0.29, 0.717) is 16.5 Å². The van der Waals surface area contributed by atoms with Crippen molar-refractivity contribution in [3.63, 3.8) is 0 Å². The molecule has 0 aromatic heterocycles. The summed E-state index contributed by atoms with van der Waals surface area (Å²) in [6.07, 6.45) is 0. The van der Waals surface area contributed by atoms with Gasteiger partial charge in [0.2, 0.25) is 0 Å². The van der Waals surface area contributed by atoms with Gasteiger partial charge >= 0.3 is 5.97 Å². The van der Waals surface area contributed by atoms with Gasteiger partial charge in [-0.25, -0.2) is 9.18 Å². The SMILES string of the molecule is COc1ccc(Cl)cc1NC(=O)COC(=O)c1ccc(F)cc1. The van der Waals surface area contributed by atoms with Crippen LogP contribution in [0.3, 0.4) is 0 Å². The molecule has 0 radical (unpaired) electrons. The van der Waals surface area contributed by atoms with Gasteiger partial charge < -0.3 is 14.8 Å². The molecule has 0 saturated carbocycles. The second kappa shape index (κ2) is 7.60. The maximum absolute atomic E-state index is 12.8. The summed E-state index contributed by atoms with van der Waals surface area (Å²) in [5.41, 5.74) is 0.516. The fourth-order valence-corrected chi connectivity index (χ4v) is 1.94. The second-order valence-corrected chi connectivity index (χ2v) is 4.91. The van der Waals surface area contributed by atoms with Crippen molar-refractivity contribution in [3.8, 4) is 5.75 Å².